The average Bonchev–Trinajstić information content (AvgIpc) is 2.86. The smallest absolute Gasteiger partial charge is 0.401 e. The fourth-order valence-corrected chi connectivity index (χ4v) is 1.62. The van der Waals surface area contributed by atoms with Crippen molar-refractivity contribution in [3.8, 4) is 0 Å². The second-order valence-electron chi connectivity index (χ2n) is 2.82. The van der Waals surface area contributed by atoms with E-state index in [0.29, 0.717) is 5.13 Å². The molecule has 8 heteroatoms. The quantitative estimate of drug-likeness (QED) is 0.480. The molecule has 0 saturated carbocycles. The lowest BCUT2D eigenvalue weighted by atomic mass is 10.4. The van der Waals surface area contributed by atoms with Crippen LogP contribution < -0.4 is 5.32 Å². The predicted octanol–water partition coefficient (Wildman–Crippen LogP) is 1.75. The summed E-state index contributed by atoms with van der Waals surface area (Å²) in [7, 11) is 0. The second kappa shape index (κ2) is 4.29. The van der Waals surface area contributed by atoms with Crippen LogP contribution in [0.2, 0.25) is 0 Å². The predicted molar refractivity (Wildman–Crippen MR) is 56.1 cm³/mol. The number of rotatable bonds is 4. The zero-order chi connectivity index (χ0) is 11.5. The number of nitrogens with zero attached hydrogens (tertiary/aromatic N) is 2. The molecule has 1 atom stereocenters. The van der Waals surface area contributed by atoms with E-state index in [1.54, 1.807) is 11.6 Å². The van der Waals surface area contributed by atoms with Gasteiger partial charge in [0, 0.05) is 11.6 Å². The molecular weight excluding hydrogens is 234 g/mol. The summed E-state index contributed by atoms with van der Waals surface area (Å²) in [6.07, 6.45) is 0.421. The fourth-order valence-electron chi connectivity index (χ4n) is 1.07. The van der Waals surface area contributed by atoms with Crippen LogP contribution in [0.5, 0.6) is 0 Å². The highest BCUT2D eigenvalue weighted by molar-refractivity contribution is 7.13. The van der Waals surface area contributed by atoms with Crippen molar-refractivity contribution < 1.29 is 14.4 Å². The third kappa shape index (κ3) is 2.18. The Morgan fingerprint density at radius 1 is 1.62 bits per heavy atom. The van der Waals surface area contributed by atoms with E-state index < -0.39 is 17.0 Å². The maximum Gasteiger partial charge on any atom is 0.433 e. The Morgan fingerprint density at radius 3 is 3.00 bits per heavy atom. The van der Waals surface area contributed by atoms with Crippen LogP contribution in [0, 0.1) is 10.1 Å². The molecule has 0 radical (unpaired) electrons. The Balaban J connectivity index is 2.08. The highest BCUT2D eigenvalue weighted by Crippen LogP contribution is 2.23. The number of thiazole rings is 1. The second-order valence-corrected chi connectivity index (χ2v) is 3.71. The summed E-state index contributed by atoms with van der Waals surface area (Å²) in [5, 5.41) is 24.9. The molecule has 0 aliphatic heterocycles. The monoisotopic (exact) mass is 241 g/mol. The molecule has 0 bridgehead atoms. The van der Waals surface area contributed by atoms with E-state index in [0.717, 1.165) is 0 Å². The molecule has 2 aromatic heterocycles. The average molecular weight is 241 g/mol. The van der Waals surface area contributed by atoms with Crippen LogP contribution >= 0.6 is 11.3 Å². The minimum absolute atomic E-state index is 0.0712. The normalized spacial score (nSPS) is 12.3. The van der Waals surface area contributed by atoms with Gasteiger partial charge in [0.05, 0.1) is 6.07 Å². The van der Waals surface area contributed by atoms with Crippen molar-refractivity contribution in [2.24, 2.45) is 0 Å². The fraction of sp³-hybridized carbons (Fsp3) is 0.125. The van der Waals surface area contributed by atoms with Gasteiger partial charge in [-0.05, 0) is 6.07 Å². The molecule has 0 aliphatic rings. The maximum absolute atomic E-state index is 10.4. The molecule has 2 N–H and O–H groups in total. The van der Waals surface area contributed by atoms with Crippen LogP contribution in [-0.2, 0) is 0 Å². The first-order chi connectivity index (χ1) is 7.66. The first kappa shape index (κ1) is 10.6. The summed E-state index contributed by atoms with van der Waals surface area (Å²) in [4.78, 5) is 13.6. The van der Waals surface area contributed by atoms with Gasteiger partial charge in [-0.3, -0.25) is 10.1 Å². The first-order valence-electron chi connectivity index (χ1n) is 4.25. The van der Waals surface area contributed by atoms with Gasteiger partial charge in [-0.1, -0.05) is 0 Å². The van der Waals surface area contributed by atoms with E-state index in [4.69, 9.17) is 4.42 Å². The maximum atomic E-state index is 10.4. The van der Waals surface area contributed by atoms with Crippen molar-refractivity contribution in [3.05, 3.63) is 39.6 Å². The van der Waals surface area contributed by atoms with Crippen LogP contribution in [0.25, 0.3) is 0 Å². The molecule has 0 amide bonds. The van der Waals surface area contributed by atoms with Gasteiger partial charge in [0.2, 0.25) is 0 Å². The van der Waals surface area contributed by atoms with Crippen LogP contribution in [0.15, 0.2) is 28.1 Å². The topological polar surface area (TPSA) is 101 Å². The molecule has 2 aromatic rings. The molecule has 0 fully saturated rings. The van der Waals surface area contributed by atoms with Crippen molar-refractivity contribution in [1.29, 1.82) is 0 Å². The first-order valence-corrected chi connectivity index (χ1v) is 5.13. The summed E-state index contributed by atoms with van der Waals surface area (Å²) in [6.45, 7) is 0. The number of aromatic nitrogens is 1. The van der Waals surface area contributed by atoms with Crippen molar-refractivity contribution in [3.63, 3.8) is 0 Å². The summed E-state index contributed by atoms with van der Waals surface area (Å²) < 4.78 is 4.82. The highest BCUT2D eigenvalue weighted by Gasteiger charge is 2.18. The van der Waals surface area contributed by atoms with Gasteiger partial charge < -0.3 is 14.8 Å². The number of nitro groups is 1. The SMILES string of the molecule is O=[N+]([O-])c1ccc([C@@H](O)Nc2nccs2)o1. The third-order valence-electron chi connectivity index (χ3n) is 1.75. The van der Waals surface area contributed by atoms with E-state index >= 15 is 0 Å². The highest BCUT2D eigenvalue weighted by atomic mass is 32.1. The molecule has 0 aromatic carbocycles. The Bertz CT molecular complexity index is 481. The third-order valence-corrected chi connectivity index (χ3v) is 2.46. The van der Waals surface area contributed by atoms with E-state index in [9.17, 15) is 15.2 Å². The molecule has 0 unspecified atom stereocenters. The van der Waals surface area contributed by atoms with Gasteiger partial charge in [-0.15, -0.1) is 11.3 Å². The molecular formula is C8H7N3O4S. The molecule has 0 saturated heterocycles. The van der Waals surface area contributed by atoms with E-state index in [1.807, 2.05) is 0 Å². The molecule has 0 spiro atoms. The van der Waals surface area contributed by atoms with E-state index in [2.05, 4.69) is 10.3 Å². The van der Waals surface area contributed by atoms with Crippen molar-refractivity contribution in [1.82, 2.24) is 4.98 Å². The lowest BCUT2D eigenvalue weighted by molar-refractivity contribution is -0.402. The number of anilines is 1. The Morgan fingerprint density at radius 2 is 2.44 bits per heavy atom. The van der Waals surface area contributed by atoms with Gasteiger partial charge in [0.15, 0.2) is 17.1 Å². The number of aliphatic hydroxyl groups excluding tert-OH is 1. The summed E-state index contributed by atoms with van der Waals surface area (Å²) in [5.41, 5.74) is 0. The Kier molecular flexibility index (Phi) is 2.84. The van der Waals surface area contributed by atoms with Gasteiger partial charge in [0.1, 0.15) is 4.92 Å². The number of hydrogen-bond donors (Lipinski definition) is 2. The van der Waals surface area contributed by atoms with Gasteiger partial charge >= 0.3 is 5.88 Å². The molecule has 2 heterocycles. The van der Waals surface area contributed by atoms with Gasteiger partial charge in [0.25, 0.3) is 0 Å². The van der Waals surface area contributed by atoms with Crippen LogP contribution in [0.4, 0.5) is 11.0 Å². The number of aliphatic hydroxyl groups is 1. The largest absolute Gasteiger partial charge is 0.433 e. The molecule has 7 nitrogen and oxygen atoms in total. The zero-order valence-corrected chi connectivity index (χ0v) is 8.68. The Labute approximate surface area is 93.5 Å². The van der Waals surface area contributed by atoms with E-state index in [1.165, 1.54) is 23.5 Å². The number of nitrogens with one attached hydrogen (secondary N) is 1. The molecule has 2 rings (SSSR count). The van der Waals surface area contributed by atoms with Crippen molar-refractivity contribution >= 4 is 22.4 Å². The minimum Gasteiger partial charge on any atom is -0.401 e. The minimum atomic E-state index is -1.15. The molecule has 16 heavy (non-hydrogen) atoms. The number of hydrogen-bond acceptors (Lipinski definition) is 7. The summed E-state index contributed by atoms with van der Waals surface area (Å²) in [5.74, 6) is -0.336. The van der Waals surface area contributed by atoms with Crippen molar-refractivity contribution in [2.45, 2.75) is 6.23 Å². The van der Waals surface area contributed by atoms with Crippen LogP contribution in [0.1, 0.15) is 12.0 Å². The van der Waals surface area contributed by atoms with Gasteiger partial charge in [-0.2, -0.15) is 0 Å². The Hall–Kier alpha value is -1.93. The number of furan rings is 1. The summed E-state index contributed by atoms with van der Waals surface area (Å²) >= 11 is 1.30. The van der Waals surface area contributed by atoms with Crippen LogP contribution in [-0.4, -0.2) is 15.0 Å². The zero-order valence-electron chi connectivity index (χ0n) is 7.86. The molecule has 0 aliphatic carbocycles. The van der Waals surface area contributed by atoms with Gasteiger partial charge in [-0.25, -0.2) is 4.98 Å². The standard InChI is InChI=1S/C8H7N3O4S/c12-7(10-8-9-3-4-16-8)5-1-2-6(15-5)11(13)14/h1-4,7,12H,(H,9,10)/t7-/m1/s1. The van der Waals surface area contributed by atoms with E-state index in [-0.39, 0.29) is 5.76 Å². The summed E-state index contributed by atoms with van der Waals surface area (Å²) in [6, 6.07) is 2.52. The lowest BCUT2D eigenvalue weighted by Crippen LogP contribution is -2.08. The molecule has 84 valence electrons. The van der Waals surface area contributed by atoms with Crippen molar-refractivity contribution in [2.75, 3.05) is 5.32 Å². The lowest BCUT2D eigenvalue weighted by Gasteiger charge is -2.07. The van der Waals surface area contributed by atoms with Crippen LogP contribution in [0.3, 0.4) is 0 Å².